The fraction of sp³-hybridized carbons (Fsp3) is 0.152. The predicted octanol–water partition coefficient (Wildman–Crippen LogP) is 18.6. The molecule has 9 aromatic carbocycles. The molecular formula is C99H82Ir3N6O2Se2Si-6. The molecule has 0 saturated carbocycles. The van der Waals surface area contributed by atoms with Gasteiger partial charge < -0.3 is 34.4 Å². The Morgan fingerprint density at radius 2 is 0.982 bits per heavy atom. The monoisotopic (exact) mass is 2160 g/mol. The van der Waals surface area contributed by atoms with E-state index in [-0.39, 0.29) is 65.7 Å². The summed E-state index contributed by atoms with van der Waals surface area (Å²) < 4.78 is 40.3. The van der Waals surface area contributed by atoms with Crippen LogP contribution >= 0.6 is 0 Å². The van der Waals surface area contributed by atoms with E-state index in [0.29, 0.717) is 35.5 Å². The Balaban J connectivity index is 0.000000130. The van der Waals surface area contributed by atoms with Gasteiger partial charge in [0.2, 0.25) is 0 Å². The minimum Gasteiger partial charge on any atom is -0.305 e. The molecule has 0 spiro atoms. The molecule has 3 aliphatic heterocycles. The molecule has 6 aromatic heterocycles. The number of aryl methyl sites for hydroxylation is 7. The van der Waals surface area contributed by atoms with Gasteiger partial charge in [-0.15, -0.1) is 155 Å². The first kappa shape index (κ1) is 78.9. The van der Waals surface area contributed by atoms with Gasteiger partial charge in [-0.25, -0.2) is 0 Å². The Bertz CT molecular complexity index is 5800. The van der Waals surface area contributed by atoms with E-state index in [4.69, 9.17) is 23.6 Å². The third-order valence-electron chi connectivity index (χ3n) is 20.3. The molecule has 5 aliphatic rings. The maximum Gasteiger partial charge on any atom is 0.0160 e. The van der Waals surface area contributed by atoms with Crippen molar-refractivity contribution in [3.05, 3.63) is 372 Å². The number of benzene rings is 9. The first-order valence-electron chi connectivity index (χ1n) is 38.8. The van der Waals surface area contributed by atoms with Crippen LogP contribution in [0.15, 0.2) is 286 Å². The SMILES string of the molecule is CC1(C)c2ccccc2Oc2cc[c-]c(-c3cc4c(cn3)CCCC4)c21.C[Si]1(C)c2ccccc2Oc2cc[c-]c(-c3ccc4c(n3)CCC4)c21.Cc1cnc(-c2[c-]cccc2)cc1C.[2H]C([2H])([2H])c1c[c-]c(-c2ccccn2)cc1.[Ir].[Ir].[Ir].[c-]1cc2c(cc1-c1ccccn1)[Se]c1ccccc1[Se]2.[c-]1ccccc1-c1ccccn1. The second-order valence-corrected chi connectivity index (χ2v) is 37.2. The Labute approximate surface area is 724 Å². The van der Waals surface area contributed by atoms with Gasteiger partial charge in [0.15, 0.2) is 0 Å². The standard InChI is InChI=1S/C24H22NO.C22H20NOSi.C17H10NSe2.C13H12N.C12H10N.C11H8N.3Ir/c1-24(2)19-11-5-6-12-21(19)26-22-13-7-10-18(23(22)24)20-14-16-8-3-4-9-17(16)15-25-20;1-25(2)21-12-4-3-10-19(21)24-20-11-6-8-16(22(20)25)18-14-13-15-7-5-9-17(15)23-18;1-2-7-15-14(6-1)19-16-9-8-12(11-17(16)20-15)13-5-3-4-10-18-13;1-10-8-13(14-9-11(10)2)12-6-4-3-5-7-12;1-10-5-7-11(8-6-10)12-4-2-3-9-13-12;1-2-6-10(7-3-1)11-8-4-5-9-12-11;;;/h5-7,11-15H,3-4,8-9H2,1-2H3;3-4,6,10-14H,5,7,9H2,1-2H3;1-7,9-11H;3-6,8-9H,1-2H3;2-7,9H,1H3;1-6,8-9H;;;/q6*-1;;;/i;;;;1D3;;;;. The molecule has 0 amide bonds. The van der Waals surface area contributed by atoms with Gasteiger partial charge in [-0.2, -0.15) is 0 Å². The number of fused-ring (bicyclic) bond motifs is 8. The average Bonchev–Trinajstić information content (AvgIpc) is 0.949. The quantitative estimate of drug-likeness (QED) is 0.120. The van der Waals surface area contributed by atoms with E-state index in [1.54, 1.807) is 24.5 Å². The van der Waals surface area contributed by atoms with Crippen molar-refractivity contribution in [1.29, 1.82) is 0 Å². The van der Waals surface area contributed by atoms with Crippen LogP contribution in [0.4, 0.5) is 0 Å². The second-order valence-electron chi connectivity index (χ2n) is 28.4. The van der Waals surface area contributed by atoms with E-state index in [1.807, 2.05) is 152 Å². The third-order valence-corrected chi connectivity index (χ3v) is 29.8. The molecule has 0 atom stereocenters. The average molecular weight is 2150 g/mol. The third kappa shape index (κ3) is 19.6. The zero-order valence-electron chi connectivity index (χ0n) is 66.4. The van der Waals surface area contributed by atoms with Gasteiger partial charge in [0.05, 0.1) is 13.8 Å². The molecule has 8 nitrogen and oxygen atoms in total. The molecule has 0 fully saturated rings. The number of hydrogen-bond donors (Lipinski definition) is 0. The van der Waals surface area contributed by atoms with Crippen molar-refractivity contribution in [3.63, 3.8) is 0 Å². The molecule has 20 rings (SSSR count). The van der Waals surface area contributed by atoms with Crippen molar-refractivity contribution in [2.45, 2.75) is 98.0 Å². The molecule has 0 N–H and O–H groups in total. The molecule has 15 aromatic rings. The van der Waals surface area contributed by atoms with Crippen LogP contribution in [0, 0.1) is 57.1 Å². The summed E-state index contributed by atoms with van der Waals surface area (Å²) in [6.07, 6.45) is 17.6. The molecule has 9 heterocycles. The summed E-state index contributed by atoms with van der Waals surface area (Å²) in [5.41, 5.74) is 22.6. The summed E-state index contributed by atoms with van der Waals surface area (Å²) >= 11 is 0.829. The number of pyridine rings is 6. The molecule has 2 aliphatic carbocycles. The number of aromatic nitrogens is 6. The molecule has 0 unspecified atom stereocenters. The number of rotatable bonds is 6. The summed E-state index contributed by atoms with van der Waals surface area (Å²) in [6, 6.07) is 104. The van der Waals surface area contributed by atoms with Gasteiger partial charge in [-0.3, -0.25) is 0 Å². The van der Waals surface area contributed by atoms with E-state index in [2.05, 4.69) is 200 Å². The minimum atomic E-state index is -2.07. The molecule has 569 valence electrons. The molecule has 0 bridgehead atoms. The molecule has 14 heteroatoms. The van der Waals surface area contributed by atoms with Crippen LogP contribution in [-0.4, -0.2) is 67.9 Å². The van der Waals surface area contributed by atoms with Crippen molar-refractivity contribution >= 4 is 66.2 Å². The Hall–Kier alpha value is -9.32. The maximum absolute atomic E-state index is 7.25. The van der Waals surface area contributed by atoms with Gasteiger partial charge in [-0.05, 0) is 144 Å². The zero-order chi connectivity index (χ0) is 77.9. The first-order chi connectivity index (χ1) is 55.0. The van der Waals surface area contributed by atoms with Gasteiger partial charge in [0.1, 0.15) is 11.5 Å². The van der Waals surface area contributed by atoms with Crippen LogP contribution in [0.1, 0.15) is 87.4 Å². The second kappa shape index (κ2) is 38.7. The summed E-state index contributed by atoms with van der Waals surface area (Å²) in [7, 11) is -1.88. The predicted molar refractivity (Wildman–Crippen MR) is 452 cm³/mol. The van der Waals surface area contributed by atoms with Crippen LogP contribution in [0.5, 0.6) is 23.0 Å². The van der Waals surface area contributed by atoms with Crippen molar-refractivity contribution < 1.29 is 73.9 Å². The summed E-state index contributed by atoms with van der Waals surface area (Å²) in [4.78, 5) is 27.0. The van der Waals surface area contributed by atoms with Crippen molar-refractivity contribution in [3.8, 4) is 90.5 Å². The van der Waals surface area contributed by atoms with E-state index < -0.39 is 14.9 Å². The van der Waals surface area contributed by atoms with Crippen LogP contribution in [0.25, 0.3) is 67.5 Å². The summed E-state index contributed by atoms with van der Waals surface area (Å²) in [6.45, 7) is 11.4. The van der Waals surface area contributed by atoms with E-state index in [0.717, 1.165) is 116 Å². The Kier molecular flexibility index (Phi) is 27.0. The first-order valence-corrected chi connectivity index (χ1v) is 43.7. The number of ether oxygens (including phenoxy) is 2. The van der Waals surface area contributed by atoms with Crippen molar-refractivity contribution in [1.82, 2.24) is 29.9 Å². The topological polar surface area (TPSA) is 95.8 Å². The van der Waals surface area contributed by atoms with Crippen LogP contribution in [0.3, 0.4) is 0 Å². The smallest absolute Gasteiger partial charge is 0.0160 e. The molecular weight excluding hydrogens is 2070 g/mol. The fourth-order valence-corrected chi connectivity index (χ4v) is 22.9. The minimum absolute atomic E-state index is 0. The Morgan fingerprint density at radius 1 is 0.407 bits per heavy atom. The number of hydrogen-bond acceptors (Lipinski definition) is 8. The fourth-order valence-electron chi connectivity index (χ4n) is 14.4. The molecule has 113 heavy (non-hydrogen) atoms. The number of para-hydroxylation sites is 2. The van der Waals surface area contributed by atoms with Crippen molar-refractivity contribution in [2.75, 3.05) is 0 Å². The van der Waals surface area contributed by atoms with E-state index >= 15 is 0 Å². The van der Waals surface area contributed by atoms with Crippen molar-refractivity contribution in [2.24, 2.45) is 0 Å². The van der Waals surface area contributed by atoms with Gasteiger partial charge in [0, 0.05) is 101 Å². The van der Waals surface area contributed by atoms with E-state index in [9.17, 15) is 0 Å². The zero-order valence-corrected chi connectivity index (χ0v) is 75.0. The number of nitrogens with zero attached hydrogens (tertiary/aromatic N) is 6. The van der Waals surface area contributed by atoms with E-state index in [1.165, 1.54) is 98.2 Å². The normalized spacial score (nSPS) is 13.7. The Morgan fingerprint density at radius 3 is 1.64 bits per heavy atom. The van der Waals surface area contributed by atoms with Gasteiger partial charge >= 0.3 is 131 Å². The largest absolute Gasteiger partial charge is 0.305 e. The van der Waals surface area contributed by atoms with Gasteiger partial charge in [0.25, 0.3) is 0 Å². The summed E-state index contributed by atoms with van der Waals surface area (Å²) in [5, 5.41) is 2.67. The summed E-state index contributed by atoms with van der Waals surface area (Å²) in [5.74, 6) is 3.85. The van der Waals surface area contributed by atoms with Crippen LogP contribution in [0.2, 0.25) is 13.1 Å². The van der Waals surface area contributed by atoms with Gasteiger partial charge in [-0.1, -0.05) is 141 Å². The molecule has 0 saturated heterocycles. The molecule has 3 radical (unpaired) electrons. The van der Waals surface area contributed by atoms with Crippen LogP contribution < -0.4 is 37.7 Å². The maximum atomic E-state index is 7.25. The van der Waals surface area contributed by atoms with Crippen LogP contribution in [-0.2, 0) is 91.4 Å².